The molecule has 1 aliphatic rings. The Hall–Kier alpha value is -1.70. The summed E-state index contributed by atoms with van der Waals surface area (Å²) in [5, 5.41) is 0. The number of carbonyl (C=O) groups excluding carboxylic acids is 1. The second-order valence-electron chi connectivity index (χ2n) is 5.64. The summed E-state index contributed by atoms with van der Waals surface area (Å²) in [5.41, 5.74) is 7.73. The van der Waals surface area contributed by atoms with Gasteiger partial charge < -0.3 is 10.6 Å². The summed E-state index contributed by atoms with van der Waals surface area (Å²) in [6, 6.07) is -0.224. The molecular formula is C14H22N4O3S. The number of carbonyl (C=O) groups is 1. The smallest absolute Gasteiger partial charge is 0.227 e. The van der Waals surface area contributed by atoms with Crippen molar-refractivity contribution in [3.05, 3.63) is 17.0 Å². The minimum Gasteiger partial charge on any atom is -0.368 e. The van der Waals surface area contributed by atoms with Gasteiger partial charge in [-0.05, 0) is 27.2 Å². The van der Waals surface area contributed by atoms with Gasteiger partial charge in [-0.15, -0.1) is 0 Å². The number of nitrogens with two attached hydrogens (primary N) is 1. The van der Waals surface area contributed by atoms with Crippen LogP contribution in [0.25, 0.3) is 0 Å². The average molecular weight is 326 g/mol. The molecule has 2 N–H and O–H groups in total. The van der Waals surface area contributed by atoms with Crippen LogP contribution in [0.1, 0.15) is 30.3 Å². The Morgan fingerprint density at radius 3 is 2.36 bits per heavy atom. The molecule has 8 heteroatoms. The van der Waals surface area contributed by atoms with Gasteiger partial charge in [0.1, 0.15) is 0 Å². The topological polar surface area (TPSA) is 106 Å². The van der Waals surface area contributed by atoms with Crippen molar-refractivity contribution in [1.82, 2.24) is 14.9 Å². The van der Waals surface area contributed by atoms with Gasteiger partial charge in [-0.3, -0.25) is 4.79 Å². The van der Waals surface area contributed by atoms with Crippen LogP contribution in [0, 0.1) is 13.8 Å². The maximum Gasteiger partial charge on any atom is 0.227 e. The highest BCUT2D eigenvalue weighted by molar-refractivity contribution is 7.91. The first-order chi connectivity index (χ1) is 10.2. The summed E-state index contributed by atoms with van der Waals surface area (Å²) >= 11 is 0. The highest BCUT2D eigenvalue weighted by Crippen LogP contribution is 2.20. The van der Waals surface area contributed by atoms with Crippen LogP contribution in [-0.4, -0.2) is 53.3 Å². The number of nitrogen functional groups attached to an aromatic ring is 1. The Labute approximate surface area is 130 Å². The van der Waals surface area contributed by atoms with E-state index in [0.29, 0.717) is 24.4 Å². The number of likely N-dealkylation sites (N-methyl/N-ethyl adjacent to an activating group) is 1. The number of sulfone groups is 1. The second-order valence-corrected chi connectivity index (χ2v) is 7.87. The van der Waals surface area contributed by atoms with E-state index in [0.717, 1.165) is 5.56 Å². The van der Waals surface area contributed by atoms with Gasteiger partial charge in [0.05, 0.1) is 17.9 Å². The van der Waals surface area contributed by atoms with Crippen molar-refractivity contribution >= 4 is 21.7 Å². The van der Waals surface area contributed by atoms with E-state index >= 15 is 0 Å². The molecule has 122 valence electrons. The molecule has 0 spiro atoms. The molecule has 2 heterocycles. The van der Waals surface area contributed by atoms with Gasteiger partial charge in [0.2, 0.25) is 11.9 Å². The van der Waals surface area contributed by atoms with E-state index in [1.807, 2.05) is 6.92 Å². The van der Waals surface area contributed by atoms with Crippen LogP contribution in [0.3, 0.4) is 0 Å². The Balaban J connectivity index is 2.17. The summed E-state index contributed by atoms with van der Waals surface area (Å²) in [6.07, 6.45) is 0.681. The molecule has 0 radical (unpaired) electrons. The lowest BCUT2D eigenvalue weighted by Gasteiger charge is -2.27. The summed E-state index contributed by atoms with van der Waals surface area (Å²) in [6.45, 7) is 5.95. The number of hydrogen-bond acceptors (Lipinski definition) is 6. The van der Waals surface area contributed by atoms with E-state index in [9.17, 15) is 13.2 Å². The second kappa shape index (κ2) is 6.20. The zero-order chi connectivity index (χ0) is 16.5. The van der Waals surface area contributed by atoms with Crippen LogP contribution in [0.4, 0.5) is 5.95 Å². The zero-order valence-corrected chi connectivity index (χ0v) is 14.0. The number of hydrogen-bond donors (Lipinski definition) is 1. The quantitative estimate of drug-likeness (QED) is 0.850. The van der Waals surface area contributed by atoms with Gasteiger partial charge in [0.15, 0.2) is 9.84 Å². The minimum absolute atomic E-state index is 0.0583. The number of aromatic nitrogens is 2. The molecule has 0 aromatic carbocycles. The maximum absolute atomic E-state index is 12.6. The Morgan fingerprint density at radius 1 is 1.32 bits per heavy atom. The van der Waals surface area contributed by atoms with Gasteiger partial charge in [0.25, 0.3) is 0 Å². The maximum atomic E-state index is 12.6. The van der Waals surface area contributed by atoms with Crippen molar-refractivity contribution in [2.45, 2.75) is 39.7 Å². The standard InChI is InChI=1S/C14H22N4O3S/c1-4-18(11-5-6-22(20,21)8-11)13(19)7-12-9(2)16-14(15)17-10(12)3/h11H,4-8H2,1-3H3,(H2,15,16,17)/t11-/m0/s1. The van der Waals surface area contributed by atoms with E-state index in [-0.39, 0.29) is 35.8 Å². The number of nitrogens with zero attached hydrogens (tertiary/aromatic N) is 3. The van der Waals surface area contributed by atoms with Gasteiger partial charge in [-0.1, -0.05) is 0 Å². The third kappa shape index (κ3) is 3.55. The molecule has 1 aromatic heterocycles. The Bertz CT molecular complexity index is 664. The third-order valence-corrected chi connectivity index (χ3v) is 5.83. The molecule has 1 fully saturated rings. The van der Waals surface area contributed by atoms with Crippen LogP contribution in [0.5, 0.6) is 0 Å². The first-order valence-electron chi connectivity index (χ1n) is 7.33. The van der Waals surface area contributed by atoms with Crippen molar-refractivity contribution in [2.24, 2.45) is 0 Å². The van der Waals surface area contributed by atoms with Crippen LogP contribution in [-0.2, 0) is 21.1 Å². The zero-order valence-electron chi connectivity index (χ0n) is 13.2. The number of aryl methyl sites for hydroxylation is 2. The van der Waals surface area contributed by atoms with E-state index < -0.39 is 9.84 Å². The largest absolute Gasteiger partial charge is 0.368 e. The number of amides is 1. The van der Waals surface area contributed by atoms with E-state index in [2.05, 4.69) is 9.97 Å². The third-order valence-electron chi connectivity index (χ3n) is 4.08. The Kier molecular flexibility index (Phi) is 4.69. The molecular weight excluding hydrogens is 304 g/mol. The predicted molar refractivity (Wildman–Crippen MR) is 84.1 cm³/mol. The fourth-order valence-electron chi connectivity index (χ4n) is 2.93. The van der Waals surface area contributed by atoms with Crippen LogP contribution in [0.15, 0.2) is 0 Å². The van der Waals surface area contributed by atoms with Gasteiger partial charge in [0, 0.05) is 29.5 Å². The highest BCUT2D eigenvalue weighted by Gasteiger charge is 2.34. The summed E-state index contributed by atoms with van der Waals surface area (Å²) in [4.78, 5) is 22.4. The Morgan fingerprint density at radius 2 is 1.91 bits per heavy atom. The van der Waals surface area contributed by atoms with Crippen LogP contribution >= 0.6 is 0 Å². The summed E-state index contributed by atoms with van der Waals surface area (Å²) < 4.78 is 23.2. The van der Waals surface area contributed by atoms with E-state index in [1.54, 1.807) is 18.7 Å². The lowest BCUT2D eigenvalue weighted by atomic mass is 10.1. The molecule has 7 nitrogen and oxygen atoms in total. The van der Waals surface area contributed by atoms with Gasteiger partial charge in [-0.2, -0.15) is 0 Å². The van der Waals surface area contributed by atoms with Gasteiger partial charge >= 0.3 is 0 Å². The van der Waals surface area contributed by atoms with Crippen LogP contribution < -0.4 is 5.73 Å². The minimum atomic E-state index is -3.01. The van der Waals surface area contributed by atoms with E-state index in [4.69, 9.17) is 5.73 Å². The fraction of sp³-hybridized carbons (Fsp3) is 0.643. The van der Waals surface area contributed by atoms with Crippen molar-refractivity contribution < 1.29 is 13.2 Å². The lowest BCUT2D eigenvalue weighted by molar-refractivity contribution is -0.132. The number of rotatable bonds is 4. The average Bonchev–Trinajstić information content (AvgIpc) is 2.75. The predicted octanol–water partition coefficient (Wildman–Crippen LogP) is 0.254. The van der Waals surface area contributed by atoms with Crippen molar-refractivity contribution in [3.63, 3.8) is 0 Å². The number of anilines is 1. The van der Waals surface area contributed by atoms with Gasteiger partial charge in [-0.25, -0.2) is 18.4 Å². The van der Waals surface area contributed by atoms with Crippen molar-refractivity contribution in [2.75, 3.05) is 23.8 Å². The normalized spacial score (nSPS) is 20.0. The van der Waals surface area contributed by atoms with Crippen LogP contribution in [0.2, 0.25) is 0 Å². The molecule has 1 aromatic rings. The molecule has 1 saturated heterocycles. The lowest BCUT2D eigenvalue weighted by Crippen LogP contribution is -2.42. The summed E-state index contributed by atoms with van der Waals surface area (Å²) in [7, 11) is -3.01. The molecule has 2 rings (SSSR count). The fourth-order valence-corrected chi connectivity index (χ4v) is 4.66. The van der Waals surface area contributed by atoms with Crippen molar-refractivity contribution in [1.29, 1.82) is 0 Å². The monoisotopic (exact) mass is 326 g/mol. The van der Waals surface area contributed by atoms with Crippen molar-refractivity contribution in [3.8, 4) is 0 Å². The molecule has 0 aliphatic carbocycles. The summed E-state index contributed by atoms with van der Waals surface area (Å²) in [5.74, 6) is 0.317. The molecule has 0 unspecified atom stereocenters. The highest BCUT2D eigenvalue weighted by atomic mass is 32.2. The SMILES string of the molecule is CCN(C(=O)Cc1c(C)nc(N)nc1C)[C@H]1CCS(=O)(=O)C1. The first kappa shape index (κ1) is 16.7. The van der Waals surface area contributed by atoms with E-state index in [1.165, 1.54) is 0 Å². The first-order valence-corrected chi connectivity index (χ1v) is 9.15. The molecule has 22 heavy (non-hydrogen) atoms. The molecule has 1 amide bonds. The molecule has 1 aliphatic heterocycles. The molecule has 0 saturated carbocycles. The molecule has 0 bridgehead atoms. The molecule has 1 atom stereocenters.